The van der Waals surface area contributed by atoms with Gasteiger partial charge < -0.3 is 87.4 Å². The number of Topliss-reactive ketones (excluding diaryl/α,β-unsaturated/α-hetero) is 1. The number of aliphatic hydroxyl groups excluding tert-OH is 2. The number of aliphatic hydroxyl groups is 3. The molecule has 7 amide bonds. The number of carbonyl (C=O) groups excluding carboxylic acids is 10. The third kappa shape index (κ3) is 15.9. The van der Waals surface area contributed by atoms with Gasteiger partial charge in [0.05, 0.1) is 48.6 Å². The Kier molecular flexibility index (Phi) is 22.7. The molecule has 7 rings (SSSR count). The number of phenols is 3. The molecule has 0 spiro atoms. The number of amides is 7. The number of phenolic OH excluding ortho intramolecular Hbond substituents is 3. The van der Waals surface area contributed by atoms with Crippen LogP contribution in [0.25, 0.3) is 0 Å². The lowest BCUT2D eigenvalue weighted by Gasteiger charge is -2.43. The van der Waals surface area contributed by atoms with Crippen molar-refractivity contribution < 1.29 is 92.8 Å². The minimum atomic E-state index is -2.47. The van der Waals surface area contributed by atoms with Crippen LogP contribution in [0.2, 0.25) is 0 Å². The maximum Gasteiger partial charge on any atom is 0.243 e. The monoisotopic (exact) mass is 1240 g/mol. The zero-order chi connectivity index (χ0) is 65.3. The lowest BCUT2D eigenvalue weighted by atomic mass is 9.72. The molecular weight excluding hydrogens is 1160 g/mol. The van der Waals surface area contributed by atoms with E-state index in [1.165, 1.54) is 68.3 Å². The number of methoxy groups -OCH3 is 1. The number of likely N-dealkylation sites (tertiary alicyclic amines) is 1. The van der Waals surface area contributed by atoms with Crippen LogP contribution in [0.15, 0.2) is 42.5 Å². The predicted molar refractivity (Wildman–Crippen MR) is 316 cm³/mol. The van der Waals surface area contributed by atoms with Crippen molar-refractivity contribution in [3.05, 3.63) is 81.4 Å². The van der Waals surface area contributed by atoms with Gasteiger partial charge in [-0.05, 0) is 87.6 Å². The van der Waals surface area contributed by atoms with Gasteiger partial charge in [-0.1, -0.05) is 52.0 Å². The average molecular weight is 1240 g/mol. The third-order valence-electron chi connectivity index (χ3n) is 16.5. The molecule has 2 aliphatic carbocycles. The van der Waals surface area contributed by atoms with Crippen LogP contribution in [0, 0.1) is 11.8 Å². The molecule has 3 aromatic rings. The summed E-state index contributed by atoms with van der Waals surface area (Å²) >= 11 is 0. The second kappa shape index (κ2) is 29.5. The van der Waals surface area contributed by atoms with E-state index in [-0.39, 0.29) is 90.1 Å². The Hall–Kier alpha value is -8.08. The summed E-state index contributed by atoms with van der Waals surface area (Å²) in [4.78, 5) is 139. The number of nitrogens with zero attached hydrogens (tertiary/aromatic N) is 1. The SMILES string of the molecule is COc1cccc2c1C(=O)c1c(O)c3c(c(O)c1C2=O)C[C@@](O)(C(=O)CO)C[C@@H]3O[C@H]1C[C@H](NC(=O)[C@H](CC(C)C)NC(=O)[C@H](Cc2ccc(O)cc2)NC(=O)[C@H](CC(C)C)NC(=O)CNC(=O)[C@H](CCCN)NC(=O)[C@@H]2CCCN2C(C)=O)[C@H](O)[C@H](C)O1. The number of nitrogens with two attached hydrogens (primary N) is 1. The second-order valence-corrected chi connectivity index (χ2v) is 24.1. The first-order valence-electron chi connectivity index (χ1n) is 29.9. The number of rotatable bonds is 26. The van der Waals surface area contributed by atoms with Gasteiger partial charge in [-0.15, -0.1) is 0 Å². The number of hydrogen-bond donors (Lipinski definition) is 13. The Bertz CT molecular complexity index is 3190. The van der Waals surface area contributed by atoms with Gasteiger partial charge in [-0.3, -0.25) is 47.9 Å². The van der Waals surface area contributed by atoms with Crippen LogP contribution in [0.4, 0.5) is 0 Å². The van der Waals surface area contributed by atoms with Crippen LogP contribution in [0.5, 0.6) is 23.0 Å². The molecule has 11 atom stereocenters. The number of nitrogens with one attached hydrogen (secondary N) is 6. The lowest BCUT2D eigenvalue weighted by Crippen LogP contribution is -2.61. The van der Waals surface area contributed by atoms with Gasteiger partial charge >= 0.3 is 0 Å². The first kappa shape index (κ1) is 68.4. The topological polar surface area (TPSA) is 421 Å². The van der Waals surface area contributed by atoms with Gasteiger partial charge in [0.15, 0.2) is 17.9 Å². The number of ketones is 3. The molecule has 0 bridgehead atoms. The minimum Gasteiger partial charge on any atom is -0.508 e. The third-order valence-corrected chi connectivity index (χ3v) is 16.5. The minimum absolute atomic E-state index is 0.000720. The average Bonchev–Trinajstić information content (AvgIpc) is 1.00. The molecule has 3 aromatic carbocycles. The summed E-state index contributed by atoms with van der Waals surface area (Å²) in [7, 11) is 1.27. The molecule has 0 aromatic heterocycles. The summed E-state index contributed by atoms with van der Waals surface area (Å²) in [6.07, 6.45) is -6.04. The zero-order valence-electron chi connectivity index (χ0n) is 50.9. The van der Waals surface area contributed by atoms with E-state index in [4.69, 9.17) is 19.9 Å². The van der Waals surface area contributed by atoms with Gasteiger partial charge in [0.2, 0.25) is 47.1 Å². The smallest absolute Gasteiger partial charge is 0.243 e. The molecule has 14 N–H and O–H groups in total. The van der Waals surface area contributed by atoms with Crippen molar-refractivity contribution in [2.75, 3.05) is 33.4 Å². The van der Waals surface area contributed by atoms with E-state index in [0.717, 1.165) is 0 Å². The summed E-state index contributed by atoms with van der Waals surface area (Å²) in [6.45, 7) is 8.76. The first-order valence-corrected chi connectivity index (χ1v) is 29.9. The Balaban J connectivity index is 1.08. The lowest BCUT2D eigenvalue weighted by molar-refractivity contribution is -0.249. The fourth-order valence-corrected chi connectivity index (χ4v) is 12.0. The van der Waals surface area contributed by atoms with Crippen molar-refractivity contribution >= 4 is 58.7 Å². The molecule has 0 saturated carbocycles. The van der Waals surface area contributed by atoms with E-state index >= 15 is 0 Å². The van der Waals surface area contributed by atoms with Gasteiger partial charge in [0.1, 0.15) is 71.5 Å². The molecule has 27 heteroatoms. The van der Waals surface area contributed by atoms with Gasteiger partial charge in [-0.2, -0.15) is 0 Å². The summed E-state index contributed by atoms with van der Waals surface area (Å²) in [5.41, 5.74) is 1.54. The standard InChI is InChI=1S/C62H82N8O19/c1-29(2)21-39(65-46(75)27-64-57(81)37(12-9-19-63)66-61(85)42-13-10-20-70(42)32(6)72)58(82)69-41(23-33-15-17-34(73)18-16-33)60(84)68-40(22-30(3)4)59(83)67-38-24-47(88-31(5)52(38)76)89-44-26-62(86,45(74)28-71)25-36-49(44)56(80)51-50(54(36)78)53(77)35-11-8-14-43(87-7)48(35)55(51)79/h8,11,14-18,29-31,37-42,44,47,52,71,73,76,78,80,86H,9-10,12-13,19-28,63H2,1-7H3,(H,64,81)(H,65,75)(H,66,85)(H,67,83)(H,68,84)(H,69,82)/t31-,37-,38-,39-,40-,41-,42-,44-,47-,52+,62-/m0/s1. The van der Waals surface area contributed by atoms with Crippen molar-refractivity contribution in [1.82, 2.24) is 36.8 Å². The normalized spacial score (nSPS) is 22.6. The van der Waals surface area contributed by atoms with E-state index in [1.807, 2.05) is 0 Å². The van der Waals surface area contributed by atoms with Crippen molar-refractivity contribution in [1.29, 1.82) is 0 Å². The van der Waals surface area contributed by atoms with Crippen LogP contribution in [-0.4, -0.2) is 188 Å². The van der Waals surface area contributed by atoms with Crippen molar-refractivity contribution in [3.63, 3.8) is 0 Å². The maximum atomic E-state index is 14.6. The first-order chi connectivity index (χ1) is 42.1. The highest BCUT2D eigenvalue weighted by molar-refractivity contribution is 6.31. The number of hydrogen-bond acceptors (Lipinski definition) is 20. The van der Waals surface area contributed by atoms with Crippen LogP contribution in [0.3, 0.4) is 0 Å². The highest BCUT2D eigenvalue weighted by Gasteiger charge is 2.51. The number of carbonyl (C=O) groups is 10. The van der Waals surface area contributed by atoms with E-state index in [9.17, 15) is 78.6 Å². The van der Waals surface area contributed by atoms with Crippen LogP contribution in [-0.2, 0) is 60.7 Å². The molecule has 0 unspecified atom stereocenters. The summed E-state index contributed by atoms with van der Waals surface area (Å²) in [5.74, 6) is -9.82. The summed E-state index contributed by atoms with van der Waals surface area (Å²) < 4.78 is 17.8. The Labute approximate surface area is 514 Å². The zero-order valence-corrected chi connectivity index (χ0v) is 50.9. The predicted octanol–water partition coefficient (Wildman–Crippen LogP) is 0.00450. The Morgan fingerprint density at radius 1 is 0.809 bits per heavy atom. The molecule has 2 fully saturated rings. The Morgan fingerprint density at radius 2 is 1.45 bits per heavy atom. The van der Waals surface area contributed by atoms with E-state index in [1.54, 1.807) is 27.7 Å². The molecule has 484 valence electrons. The number of ether oxygens (including phenoxy) is 3. The molecule has 89 heavy (non-hydrogen) atoms. The van der Waals surface area contributed by atoms with E-state index < -0.39 is 168 Å². The highest BCUT2D eigenvalue weighted by atomic mass is 16.7. The maximum absolute atomic E-state index is 14.6. The van der Waals surface area contributed by atoms with Crippen molar-refractivity contribution in [2.45, 2.75) is 172 Å². The number of fused-ring (bicyclic) bond motifs is 3. The van der Waals surface area contributed by atoms with Gasteiger partial charge in [-0.25, -0.2) is 0 Å². The van der Waals surface area contributed by atoms with Crippen molar-refractivity contribution in [2.24, 2.45) is 17.6 Å². The number of aromatic hydroxyl groups is 3. The molecule has 0 radical (unpaired) electrons. The molecule has 2 heterocycles. The van der Waals surface area contributed by atoms with Gasteiger partial charge in [0, 0.05) is 55.8 Å². The fraction of sp³-hybridized carbons (Fsp3) is 0.548. The summed E-state index contributed by atoms with van der Waals surface area (Å²) in [6, 6.07) is 2.86. The molecule has 4 aliphatic rings. The molecule has 27 nitrogen and oxygen atoms in total. The Morgan fingerprint density at radius 3 is 2.08 bits per heavy atom. The van der Waals surface area contributed by atoms with Gasteiger partial charge in [0.25, 0.3) is 0 Å². The molecular formula is C62H82N8O19. The van der Waals surface area contributed by atoms with E-state index in [0.29, 0.717) is 31.4 Å². The van der Waals surface area contributed by atoms with E-state index in [2.05, 4.69) is 31.9 Å². The molecule has 2 saturated heterocycles. The highest BCUT2D eigenvalue weighted by Crippen LogP contribution is 2.52. The van der Waals surface area contributed by atoms with Crippen LogP contribution >= 0.6 is 0 Å². The molecule has 2 aliphatic heterocycles. The van der Waals surface area contributed by atoms with Crippen molar-refractivity contribution in [3.8, 4) is 23.0 Å². The largest absolute Gasteiger partial charge is 0.508 e. The number of benzene rings is 3. The summed E-state index contributed by atoms with van der Waals surface area (Å²) in [5, 5.41) is 83.4. The van der Waals surface area contributed by atoms with Crippen LogP contribution in [0.1, 0.15) is 148 Å². The fourth-order valence-electron chi connectivity index (χ4n) is 12.0. The van der Waals surface area contributed by atoms with Crippen LogP contribution < -0.4 is 42.4 Å². The second-order valence-electron chi connectivity index (χ2n) is 24.1. The quantitative estimate of drug-likeness (QED) is 0.0368.